The van der Waals surface area contributed by atoms with Crippen LogP contribution in [-0.4, -0.2) is 52.7 Å². The van der Waals surface area contributed by atoms with Gasteiger partial charge in [0.1, 0.15) is 0 Å². The Labute approximate surface area is 163 Å². The summed E-state index contributed by atoms with van der Waals surface area (Å²) in [5, 5.41) is 3.46. The fraction of sp³-hybridized carbons (Fsp3) is 1.00. The van der Waals surface area contributed by atoms with E-state index in [9.17, 15) is 0 Å². The Kier molecular flexibility index (Phi) is 24.7. The zero-order valence-electron chi connectivity index (χ0n) is 17.9. The smallest absolute Gasteiger partial charge is 0.0701 e. The fourth-order valence-corrected chi connectivity index (χ4v) is 2.80. The number of rotatable bonds is 23. The molecule has 0 saturated heterocycles. The van der Waals surface area contributed by atoms with Gasteiger partial charge in [0.2, 0.25) is 0 Å². The highest BCUT2D eigenvalue weighted by Gasteiger charge is 1.94. The monoisotopic (exact) mass is 373 g/mol. The van der Waals surface area contributed by atoms with Gasteiger partial charge in [0.15, 0.2) is 0 Å². The zero-order valence-corrected chi connectivity index (χ0v) is 17.9. The number of unbranched alkanes of at least 4 members (excludes halogenated alkanes) is 10. The van der Waals surface area contributed by atoms with E-state index in [-0.39, 0.29) is 0 Å². The van der Waals surface area contributed by atoms with Gasteiger partial charge in [0.25, 0.3) is 0 Å². The van der Waals surface area contributed by atoms with Crippen molar-refractivity contribution in [3.05, 3.63) is 0 Å². The lowest BCUT2D eigenvalue weighted by Gasteiger charge is -2.07. The average Bonchev–Trinajstić information content (AvgIpc) is 2.66. The molecule has 0 aromatic heterocycles. The first kappa shape index (κ1) is 25.8. The molecule has 158 valence electrons. The second-order valence-corrected chi connectivity index (χ2v) is 7.12. The molecule has 0 aliphatic rings. The Morgan fingerprint density at radius 3 is 1.46 bits per heavy atom. The molecule has 0 atom stereocenters. The Hall–Kier alpha value is -0.160. The van der Waals surface area contributed by atoms with Crippen molar-refractivity contribution in [2.75, 3.05) is 52.7 Å². The molecule has 0 aliphatic heterocycles. The minimum atomic E-state index is 0.662. The van der Waals surface area contributed by atoms with Crippen LogP contribution in [0.4, 0.5) is 0 Å². The molecule has 1 N–H and O–H groups in total. The summed E-state index contributed by atoms with van der Waals surface area (Å²) < 4.78 is 16.4. The predicted octanol–water partition coefficient (Wildman–Crippen LogP) is 5.35. The van der Waals surface area contributed by atoms with Crippen LogP contribution < -0.4 is 5.32 Å². The lowest BCUT2D eigenvalue weighted by Crippen LogP contribution is -2.21. The standard InChI is InChI=1S/C22H47NO3/c1-3-5-7-8-9-10-11-12-13-14-15-23-16-18-25-20-22-26-21-19-24-17-6-4-2/h23H,3-22H2,1-2H3. The van der Waals surface area contributed by atoms with Crippen LogP contribution in [-0.2, 0) is 14.2 Å². The van der Waals surface area contributed by atoms with E-state index in [0.717, 1.165) is 32.7 Å². The van der Waals surface area contributed by atoms with Gasteiger partial charge >= 0.3 is 0 Å². The molecule has 0 bridgehead atoms. The number of hydrogen-bond donors (Lipinski definition) is 1. The Morgan fingerprint density at radius 1 is 0.423 bits per heavy atom. The third-order valence-corrected chi connectivity index (χ3v) is 4.52. The van der Waals surface area contributed by atoms with Gasteiger partial charge in [-0.2, -0.15) is 0 Å². The molecule has 0 aromatic rings. The van der Waals surface area contributed by atoms with Gasteiger partial charge < -0.3 is 19.5 Å². The van der Waals surface area contributed by atoms with Crippen molar-refractivity contribution in [1.29, 1.82) is 0 Å². The SMILES string of the molecule is CCCCCCCCCCCCNCCOCCOCCOCCCC. The maximum Gasteiger partial charge on any atom is 0.0701 e. The molecule has 0 radical (unpaired) electrons. The number of ether oxygens (including phenoxy) is 3. The topological polar surface area (TPSA) is 39.7 Å². The first-order valence-corrected chi connectivity index (χ1v) is 11.4. The largest absolute Gasteiger partial charge is 0.379 e. The molecule has 0 aromatic carbocycles. The van der Waals surface area contributed by atoms with E-state index in [2.05, 4.69) is 19.2 Å². The molecular formula is C22H47NO3. The second kappa shape index (κ2) is 24.8. The number of hydrogen-bond acceptors (Lipinski definition) is 4. The van der Waals surface area contributed by atoms with Gasteiger partial charge in [0, 0.05) is 13.2 Å². The summed E-state index contributed by atoms with van der Waals surface area (Å²) in [5.74, 6) is 0. The van der Waals surface area contributed by atoms with Crippen LogP contribution in [0.1, 0.15) is 90.9 Å². The quantitative estimate of drug-likeness (QED) is 0.245. The first-order valence-electron chi connectivity index (χ1n) is 11.4. The minimum absolute atomic E-state index is 0.662. The van der Waals surface area contributed by atoms with Gasteiger partial charge in [-0.3, -0.25) is 0 Å². The van der Waals surface area contributed by atoms with Crippen LogP contribution in [0.3, 0.4) is 0 Å². The van der Waals surface area contributed by atoms with E-state index in [1.165, 1.54) is 70.6 Å². The fourth-order valence-electron chi connectivity index (χ4n) is 2.80. The van der Waals surface area contributed by atoms with Gasteiger partial charge in [-0.25, -0.2) is 0 Å². The Morgan fingerprint density at radius 2 is 0.885 bits per heavy atom. The third-order valence-electron chi connectivity index (χ3n) is 4.52. The average molecular weight is 374 g/mol. The van der Waals surface area contributed by atoms with E-state index < -0.39 is 0 Å². The van der Waals surface area contributed by atoms with Crippen molar-refractivity contribution in [3.8, 4) is 0 Å². The van der Waals surface area contributed by atoms with Crippen LogP contribution >= 0.6 is 0 Å². The molecule has 26 heavy (non-hydrogen) atoms. The minimum Gasteiger partial charge on any atom is -0.379 e. The lowest BCUT2D eigenvalue weighted by atomic mass is 10.1. The van der Waals surface area contributed by atoms with E-state index >= 15 is 0 Å². The molecule has 0 spiro atoms. The van der Waals surface area contributed by atoms with Crippen molar-refractivity contribution < 1.29 is 14.2 Å². The highest BCUT2D eigenvalue weighted by Crippen LogP contribution is 2.10. The van der Waals surface area contributed by atoms with Gasteiger partial charge in [-0.15, -0.1) is 0 Å². The van der Waals surface area contributed by atoms with Crippen LogP contribution in [0.15, 0.2) is 0 Å². The number of nitrogens with one attached hydrogen (secondary N) is 1. The van der Waals surface area contributed by atoms with Crippen molar-refractivity contribution in [1.82, 2.24) is 5.32 Å². The summed E-state index contributed by atoms with van der Waals surface area (Å²) in [5.41, 5.74) is 0. The van der Waals surface area contributed by atoms with E-state index in [1.54, 1.807) is 0 Å². The van der Waals surface area contributed by atoms with Crippen LogP contribution in [0, 0.1) is 0 Å². The second-order valence-electron chi connectivity index (χ2n) is 7.12. The first-order chi connectivity index (χ1) is 12.9. The lowest BCUT2D eigenvalue weighted by molar-refractivity contribution is 0.0147. The van der Waals surface area contributed by atoms with E-state index in [0.29, 0.717) is 26.4 Å². The van der Waals surface area contributed by atoms with Crippen molar-refractivity contribution >= 4 is 0 Å². The maximum absolute atomic E-state index is 5.55. The third kappa shape index (κ3) is 23.8. The van der Waals surface area contributed by atoms with Crippen molar-refractivity contribution in [2.24, 2.45) is 0 Å². The maximum atomic E-state index is 5.55. The van der Waals surface area contributed by atoms with Gasteiger partial charge in [-0.1, -0.05) is 78.1 Å². The molecule has 0 aliphatic carbocycles. The Bertz CT molecular complexity index is 215. The molecule has 0 fully saturated rings. The highest BCUT2D eigenvalue weighted by atomic mass is 16.5. The molecule has 0 unspecified atom stereocenters. The van der Waals surface area contributed by atoms with Crippen LogP contribution in [0.2, 0.25) is 0 Å². The van der Waals surface area contributed by atoms with Crippen LogP contribution in [0.25, 0.3) is 0 Å². The summed E-state index contributed by atoms with van der Waals surface area (Å²) in [6, 6.07) is 0. The highest BCUT2D eigenvalue weighted by molar-refractivity contribution is 4.50. The summed E-state index contributed by atoms with van der Waals surface area (Å²) in [6.07, 6.45) is 16.3. The van der Waals surface area contributed by atoms with Gasteiger partial charge in [0.05, 0.1) is 33.0 Å². The molecule has 0 rings (SSSR count). The molecule has 0 heterocycles. The van der Waals surface area contributed by atoms with Crippen LogP contribution in [0.5, 0.6) is 0 Å². The van der Waals surface area contributed by atoms with Gasteiger partial charge in [-0.05, 0) is 19.4 Å². The summed E-state index contributed by atoms with van der Waals surface area (Å²) in [4.78, 5) is 0. The molecular weight excluding hydrogens is 326 g/mol. The molecule has 4 heteroatoms. The summed E-state index contributed by atoms with van der Waals surface area (Å²) in [7, 11) is 0. The van der Waals surface area contributed by atoms with Crippen molar-refractivity contribution in [2.45, 2.75) is 90.9 Å². The Balaban J connectivity index is 2.95. The predicted molar refractivity (Wildman–Crippen MR) is 112 cm³/mol. The normalized spacial score (nSPS) is 11.3. The summed E-state index contributed by atoms with van der Waals surface area (Å²) in [6.45, 7) is 10.8. The summed E-state index contributed by atoms with van der Waals surface area (Å²) >= 11 is 0. The van der Waals surface area contributed by atoms with E-state index in [1.807, 2.05) is 0 Å². The molecule has 0 saturated carbocycles. The molecule has 4 nitrogen and oxygen atoms in total. The van der Waals surface area contributed by atoms with E-state index in [4.69, 9.17) is 14.2 Å². The molecule has 0 amide bonds. The van der Waals surface area contributed by atoms with Crippen molar-refractivity contribution in [3.63, 3.8) is 0 Å². The zero-order chi connectivity index (χ0) is 19.0.